The van der Waals surface area contributed by atoms with Gasteiger partial charge in [0.05, 0.1) is 10.6 Å². The summed E-state index contributed by atoms with van der Waals surface area (Å²) in [4.78, 5) is 14.4. The zero-order valence-electron chi connectivity index (χ0n) is 13.5. The van der Waals surface area contributed by atoms with Crippen LogP contribution in [0.3, 0.4) is 0 Å². The first-order chi connectivity index (χ1) is 11.6. The number of hydrogen-bond donors (Lipinski definition) is 0. The maximum absolute atomic E-state index is 12.4. The van der Waals surface area contributed by atoms with Crippen molar-refractivity contribution < 1.29 is 13.2 Å². The quantitative estimate of drug-likeness (QED) is 0.839. The van der Waals surface area contributed by atoms with Crippen LogP contribution < -0.4 is 0 Å². The standard InChI is InChI=1S/C19H21NO3S/c21-19(12-14-24(22,23)18-9-5-2-6-10-18)20-13-11-17(15-20)16-7-3-1-4-8-16/h1-10,17H,11-15H2/t17-/m0/s1. The van der Waals surface area contributed by atoms with Crippen molar-refractivity contribution in [3.05, 3.63) is 66.2 Å². The molecule has 24 heavy (non-hydrogen) atoms. The second-order valence-corrected chi connectivity index (χ2v) is 8.23. The Hall–Kier alpha value is -2.14. The lowest BCUT2D eigenvalue weighted by Crippen LogP contribution is -2.30. The molecule has 0 N–H and O–H groups in total. The molecule has 1 amide bonds. The van der Waals surface area contributed by atoms with Gasteiger partial charge in [0.1, 0.15) is 0 Å². The van der Waals surface area contributed by atoms with E-state index < -0.39 is 9.84 Å². The zero-order valence-corrected chi connectivity index (χ0v) is 14.3. The highest BCUT2D eigenvalue weighted by Crippen LogP contribution is 2.27. The molecule has 4 nitrogen and oxygen atoms in total. The van der Waals surface area contributed by atoms with Crippen molar-refractivity contribution in [2.45, 2.75) is 23.7 Å². The highest BCUT2D eigenvalue weighted by atomic mass is 32.2. The Morgan fingerprint density at radius 3 is 2.29 bits per heavy atom. The summed E-state index contributed by atoms with van der Waals surface area (Å²) < 4.78 is 24.5. The SMILES string of the molecule is O=C(CCS(=O)(=O)c1ccccc1)N1CC[C@H](c2ccccc2)C1. The number of amides is 1. The minimum absolute atomic E-state index is 0.0404. The fourth-order valence-electron chi connectivity index (χ4n) is 3.11. The second-order valence-electron chi connectivity index (χ2n) is 6.12. The molecule has 1 fully saturated rings. The van der Waals surface area contributed by atoms with Crippen LogP contribution in [-0.2, 0) is 14.6 Å². The molecule has 0 spiro atoms. The number of nitrogens with zero attached hydrogens (tertiary/aromatic N) is 1. The molecule has 1 atom stereocenters. The van der Waals surface area contributed by atoms with Crippen LogP contribution in [0.4, 0.5) is 0 Å². The number of sulfone groups is 1. The van der Waals surface area contributed by atoms with Gasteiger partial charge in [-0.15, -0.1) is 0 Å². The lowest BCUT2D eigenvalue weighted by Gasteiger charge is -2.17. The summed E-state index contributed by atoms with van der Waals surface area (Å²) in [7, 11) is -3.40. The summed E-state index contributed by atoms with van der Waals surface area (Å²) in [5.74, 6) is 0.135. The highest BCUT2D eigenvalue weighted by Gasteiger charge is 2.28. The Kier molecular flexibility index (Phi) is 5.00. The molecule has 1 aliphatic rings. The number of benzene rings is 2. The molecule has 5 heteroatoms. The molecular weight excluding hydrogens is 322 g/mol. The number of likely N-dealkylation sites (tertiary alicyclic amines) is 1. The lowest BCUT2D eigenvalue weighted by molar-refractivity contribution is -0.129. The highest BCUT2D eigenvalue weighted by molar-refractivity contribution is 7.91. The Morgan fingerprint density at radius 2 is 1.62 bits per heavy atom. The average Bonchev–Trinajstić information content (AvgIpc) is 3.11. The molecule has 0 unspecified atom stereocenters. The van der Waals surface area contributed by atoms with Gasteiger partial charge in [-0.1, -0.05) is 48.5 Å². The summed E-state index contributed by atoms with van der Waals surface area (Å²) in [6.45, 7) is 1.37. The maximum atomic E-state index is 12.4. The first-order valence-corrected chi connectivity index (χ1v) is 9.82. The molecule has 0 saturated carbocycles. The van der Waals surface area contributed by atoms with Crippen molar-refractivity contribution in [3.8, 4) is 0 Å². The minimum atomic E-state index is -3.40. The molecule has 0 radical (unpaired) electrons. The Bertz CT molecular complexity index is 788. The third-order valence-corrected chi connectivity index (χ3v) is 6.23. The van der Waals surface area contributed by atoms with Gasteiger partial charge in [-0.2, -0.15) is 0 Å². The number of carbonyl (C=O) groups excluding carboxylic acids is 1. The van der Waals surface area contributed by atoms with E-state index in [0.29, 0.717) is 19.0 Å². The Balaban J connectivity index is 1.57. The topological polar surface area (TPSA) is 54.5 Å². The molecule has 2 aromatic carbocycles. The van der Waals surface area contributed by atoms with Crippen molar-refractivity contribution in [2.75, 3.05) is 18.8 Å². The van der Waals surface area contributed by atoms with Gasteiger partial charge in [0.15, 0.2) is 9.84 Å². The predicted octanol–water partition coefficient (Wildman–Crippen LogP) is 2.87. The fourth-order valence-corrected chi connectivity index (χ4v) is 4.36. The molecule has 1 saturated heterocycles. The van der Waals surface area contributed by atoms with Crippen LogP contribution in [0.2, 0.25) is 0 Å². The second kappa shape index (κ2) is 7.18. The molecule has 0 aliphatic carbocycles. The van der Waals surface area contributed by atoms with E-state index in [4.69, 9.17) is 0 Å². The van der Waals surface area contributed by atoms with Gasteiger partial charge in [0.25, 0.3) is 0 Å². The summed E-state index contributed by atoms with van der Waals surface area (Å²) >= 11 is 0. The van der Waals surface area contributed by atoms with Crippen LogP contribution in [0.25, 0.3) is 0 Å². The monoisotopic (exact) mass is 343 g/mol. The van der Waals surface area contributed by atoms with Gasteiger partial charge in [-0.05, 0) is 24.1 Å². The molecular formula is C19H21NO3S. The van der Waals surface area contributed by atoms with Crippen molar-refractivity contribution in [3.63, 3.8) is 0 Å². The fraction of sp³-hybridized carbons (Fsp3) is 0.316. The first kappa shape index (κ1) is 16.7. The summed E-state index contributed by atoms with van der Waals surface area (Å²) in [6.07, 6.45) is 0.972. The molecule has 1 heterocycles. The largest absolute Gasteiger partial charge is 0.342 e. The average molecular weight is 343 g/mol. The molecule has 126 valence electrons. The van der Waals surface area contributed by atoms with E-state index in [-0.39, 0.29) is 23.0 Å². The van der Waals surface area contributed by atoms with Crippen LogP contribution in [0, 0.1) is 0 Å². The van der Waals surface area contributed by atoms with Gasteiger partial charge in [-0.3, -0.25) is 4.79 Å². The van der Waals surface area contributed by atoms with Gasteiger partial charge < -0.3 is 4.90 Å². The van der Waals surface area contributed by atoms with Crippen LogP contribution in [0.15, 0.2) is 65.6 Å². The van der Waals surface area contributed by atoms with Gasteiger partial charge in [-0.25, -0.2) is 8.42 Å². The van der Waals surface area contributed by atoms with Crippen LogP contribution in [0.5, 0.6) is 0 Å². The van der Waals surface area contributed by atoms with Gasteiger partial charge >= 0.3 is 0 Å². The minimum Gasteiger partial charge on any atom is -0.342 e. The van der Waals surface area contributed by atoms with Gasteiger partial charge in [0, 0.05) is 25.4 Å². The summed E-state index contributed by atoms with van der Waals surface area (Å²) in [6, 6.07) is 18.5. The Morgan fingerprint density at radius 1 is 1.00 bits per heavy atom. The third-order valence-electron chi connectivity index (χ3n) is 4.50. The van der Waals surface area contributed by atoms with Crippen molar-refractivity contribution >= 4 is 15.7 Å². The lowest BCUT2D eigenvalue weighted by atomic mass is 9.99. The summed E-state index contributed by atoms with van der Waals surface area (Å²) in [5, 5.41) is 0. The number of hydrogen-bond acceptors (Lipinski definition) is 3. The van der Waals surface area contributed by atoms with E-state index in [1.165, 1.54) is 5.56 Å². The van der Waals surface area contributed by atoms with E-state index >= 15 is 0 Å². The maximum Gasteiger partial charge on any atom is 0.223 e. The van der Waals surface area contributed by atoms with E-state index in [1.807, 2.05) is 18.2 Å². The summed E-state index contributed by atoms with van der Waals surface area (Å²) in [5.41, 5.74) is 1.24. The predicted molar refractivity (Wildman–Crippen MR) is 93.5 cm³/mol. The van der Waals surface area contributed by atoms with E-state index in [0.717, 1.165) is 6.42 Å². The van der Waals surface area contributed by atoms with Crippen LogP contribution in [0.1, 0.15) is 24.3 Å². The number of rotatable bonds is 5. The van der Waals surface area contributed by atoms with E-state index in [9.17, 15) is 13.2 Å². The molecule has 0 bridgehead atoms. The normalized spacial score (nSPS) is 17.8. The zero-order chi connectivity index (χ0) is 17.0. The van der Waals surface area contributed by atoms with Crippen molar-refractivity contribution in [1.29, 1.82) is 0 Å². The van der Waals surface area contributed by atoms with Gasteiger partial charge in [0.2, 0.25) is 5.91 Å². The van der Waals surface area contributed by atoms with E-state index in [2.05, 4.69) is 12.1 Å². The van der Waals surface area contributed by atoms with Crippen molar-refractivity contribution in [2.24, 2.45) is 0 Å². The van der Waals surface area contributed by atoms with Crippen LogP contribution >= 0.6 is 0 Å². The van der Waals surface area contributed by atoms with Crippen molar-refractivity contribution in [1.82, 2.24) is 4.90 Å². The first-order valence-electron chi connectivity index (χ1n) is 8.17. The van der Waals surface area contributed by atoms with Crippen LogP contribution in [-0.4, -0.2) is 38.1 Å². The third kappa shape index (κ3) is 3.85. The van der Waals surface area contributed by atoms with E-state index in [1.54, 1.807) is 35.2 Å². The molecule has 1 aliphatic heterocycles. The molecule has 0 aromatic heterocycles. The molecule has 2 aromatic rings. The number of carbonyl (C=O) groups is 1. The Labute approximate surface area is 143 Å². The molecule has 3 rings (SSSR count). The smallest absolute Gasteiger partial charge is 0.223 e.